The van der Waals surface area contributed by atoms with Crippen molar-refractivity contribution >= 4 is 11.8 Å². The molecule has 2 atom stereocenters. The Balaban J connectivity index is 2.11. The highest BCUT2D eigenvalue weighted by molar-refractivity contribution is 5.90. The third-order valence-corrected chi connectivity index (χ3v) is 4.65. The van der Waals surface area contributed by atoms with Crippen LogP contribution in [0.3, 0.4) is 0 Å². The van der Waals surface area contributed by atoms with Gasteiger partial charge < -0.3 is 4.74 Å². The Morgan fingerprint density at radius 1 is 1.35 bits per heavy atom. The normalized spacial score (nSPS) is 26.3. The van der Waals surface area contributed by atoms with Gasteiger partial charge in [0.05, 0.1) is 13.5 Å². The van der Waals surface area contributed by atoms with Crippen LogP contribution < -0.4 is 0 Å². The van der Waals surface area contributed by atoms with Crippen molar-refractivity contribution in [3.05, 3.63) is 35.9 Å². The molecule has 20 heavy (non-hydrogen) atoms. The minimum Gasteiger partial charge on any atom is -0.469 e. The van der Waals surface area contributed by atoms with E-state index >= 15 is 0 Å². The smallest absolute Gasteiger partial charge is 0.306 e. The summed E-state index contributed by atoms with van der Waals surface area (Å²) in [6.45, 7) is 1.99. The van der Waals surface area contributed by atoms with E-state index in [9.17, 15) is 9.59 Å². The molecular formula is C17H22O3. The van der Waals surface area contributed by atoms with E-state index in [0.717, 1.165) is 12.8 Å². The number of rotatable bonds is 4. The van der Waals surface area contributed by atoms with E-state index < -0.39 is 5.41 Å². The van der Waals surface area contributed by atoms with Crippen LogP contribution in [0.2, 0.25) is 0 Å². The van der Waals surface area contributed by atoms with E-state index in [1.54, 1.807) is 0 Å². The zero-order chi connectivity index (χ0) is 14.6. The number of Topliss-reactive ketones (excluding diaryl/α,β-unsaturated/α-hetero) is 1. The molecule has 0 unspecified atom stereocenters. The average molecular weight is 274 g/mol. The Bertz CT molecular complexity index is 480. The first-order valence-corrected chi connectivity index (χ1v) is 7.26. The lowest BCUT2D eigenvalue weighted by Gasteiger charge is -2.37. The quantitative estimate of drug-likeness (QED) is 0.789. The highest BCUT2D eigenvalue weighted by atomic mass is 16.5. The summed E-state index contributed by atoms with van der Waals surface area (Å²) in [4.78, 5) is 24.1. The SMILES string of the molecule is CC[C@@]1(CC(=O)OC)CC[C@H](c2ccccc2)CC1=O. The molecule has 1 aliphatic carbocycles. The van der Waals surface area contributed by atoms with E-state index in [4.69, 9.17) is 4.74 Å². The second-order valence-corrected chi connectivity index (χ2v) is 5.66. The molecule has 0 N–H and O–H groups in total. The number of hydrogen-bond acceptors (Lipinski definition) is 3. The van der Waals surface area contributed by atoms with Gasteiger partial charge >= 0.3 is 5.97 Å². The van der Waals surface area contributed by atoms with Gasteiger partial charge in [0.2, 0.25) is 0 Å². The third kappa shape index (κ3) is 2.92. The lowest BCUT2D eigenvalue weighted by Crippen LogP contribution is -2.38. The van der Waals surface area contributed by atoms with Crippen LogP contribution in [0.25, 0.3) is 0 Å². The van der Waals surface area contributed by atoms with E-state index in [2.05, 4.69) is 12.1 Å². The van der Waals surface area contributed by atoms with Crippen molar-refractivity contribution in [1.82, 2.24) is 0 Å². The second kappa shape index (κ2) is 6.21. The Morgan fingerprint density at radius 3 is 2.60 bits per heavy atom. The third-order valence-electron chi connectivity index (χ3n) is 4.65. The standard InChI is InChI=1S/C17H22O3/c1-3-17(12-16(19)20-2)10-9-14(11-15(17)18)13-7-5-4-6-8-13/h4-8,14H,3,9-12H2,1-2H3/t14-,17-/m0/s1. The van der Waals surface area contributed by atoms with Crippen molar-refractivity contribution in [2.75, 3.05) is 7.11 Å². The van der Waals surface area contributed by atoms with Gasteiger partial charge in [-0.1, -0.05) is 37.3 Å². The zero-order valence-corrected chi connectivity index (χ0v) is 12.2. The van der Waals surface area contributed by atoms with Crippen molar-refractivity contribution in [1.29, 1.82) is 0 Å². The summed E-state index contributed by atoms with van der Waals surface area (Å²) < 4.78 is 4.75. The van der Waals surface area contributed by atoms with E-state index in [-0.39, 0.29) is 18.2 Å². The van der Waals surface area contributed by atoms with Gasteiger partial charge in [-0.2, -0.15) is 0 Å². The first-order chi connectivity index (χ1) is 9.61. The maximum atomic E-state index is 12.6. The first kappa shape index (κ1) is 14.8. The largest absolute Gasteiger partial charge is 0.469 e. The minimum absolute atomic E-state index is 0.213. The van der Waals surface area contributed by atoms with Crippen LogP contribution >= 0.6 is 0 Å². The topological polar surface area (TPSA) is 43.4 Å². The van der Waals surface area contributed by atoms with Gasteiger partial charge in [-0.25, -0.2) is 0 Å². The summed E-state index contributed by atoms with van der Waals surface area (Å²) in [5, 5.41) is 0. The lowest BCUT2D eigenvalue weighted by molar-refractivity contribution is -0.149. The molecule has 0 aliphatic heterocycles. The molecule has 0 radical (unpaired) electrons. The van der Waals surface area contributed by atoms with E-state index in [1.165, 1.54) is 12.7 Å². The van der Waals surface area contributed by atoms with E-state index in [1.807, 2.05) is 25.1 Å². The Morgan fingerprint density at radius 2 is 2.05 bits per heavy atom. The number of ether oxygens (including phenoxy) is 1. The number of methoxy groups -OCH3 is 1. The van der Waals surface area contributed by atoms with Crippen molar-refractivity contribution in [2.24, 2.45) is 5.41 Å². The summed E-state index contributed by atoms with van der Waals surface area (Å²) in [6.07, 6.45) is 3.20. The Kier molecular flexibility index (Phi) is 4.58. The molecule has 108 valence electrons. The summed E-state index contributed by atoms with van der Waals surface area (Å²) in [5.74, 6) is 0.227. The van der Waals surface area contributed by atoms with Crippen molar-refractivity contribution in [2.45, 2.75) is 44.9 Å². The molecule has 1 aromatic carbocycles. The molecule has 0 aromatic heterocycles. The molecule has 0 saturated heterocycles. The number of benzene rings is 1. The van der Waals surface area contributed by atoms with Crippen LogP contribution in [-0.2, 0) is 14.3 Å². The van der Waals surface area contributed by atoms with Gasteiger partial charge in [-0.15, -0.1) is 0 Å². The van der Waals surface area contributed by atoms with Crippen LogP contribution in [-0.4, -0.2) is 18.9 Å². The highest BCUT2D eigenvalue weighted by Crippen LogP contribution is 2.44. The van der Waals surface area contributed by atoms with Crippen LogP contribution in [0.1, 0.15) is 50.5 Å². The zero-order valence-electron chi connectivity index (χ0n) is 12.2. The van der Waals surface area contributed by atoms with Gasteiger partial charge in [-0.3, -0.25) is 9.59 Å². The molecule has 0 amide bonds. The first-order valence-electron chi connectivity index (χ1n) is 7.26. The van der Waals surface area contributed by atoms with Crippen LogP contribution in [0, 0.1) is 5.41 Å². The van der Waals surface area contributed by atoms with E-state index in [0.29, 0.717) is 18.8 Å². The fraction of sp³-hybridized carbons (Fsp3) is 0.529. The fourth-order valence-electron chi connectivity index (χ4n) is 3.18. The van der Waals surface area contributed by atoms with Gasteiger partial charge in [-0.05, 0) is 30.7 Å². The average Bonchev–Trinajstić information content (AvgIpc) is 2.50. The molecule has 1 saturated carbocycles. The van der Waals surface area contributed by atoms with Gasteiger partial charge in [0.15, 0.2) is 0 Å². The van der Waals surface area contributed by atoms with Gasteiger partial charge in [0, 0.05) is 11.8 Å². The predicted octanol–water partition coefficient (Wildman–Crippen LogP) is 3.48. The molecule has 3 nitrogen and oxygen atoms in total. The molecule has 0 spiro atoms. The number of esters is 1. The van der Waals surface area contributed by atoms with Crippen molar-refractivity contribution in [3.63, 3.8) is 0 Å². The molecule has 1 aromatic rings. The molecule has 1 aliphatic rings. The molecule has 3 heteroatoms. The Labute approximate surface area is 120 Å². The fourth-order valence-corrected chi connectivity index (χ4v) is 3.18. The predicted molar refractivity (Wildman–Crippen MR) is 77.4 cm³/mol. The van der Waals surface area contributed by atoms with Crippen LogP contribution in [0.4, 0.5) is 0 Å². The van der Waals surface area contributed by atoms with Crippen LogP contribution in [0.15, 0.2) is 30.3 Å². The summed E-state index contributed by atoms with van der Waals surface area (Å²) in [7, 11) is 1.38. The highest BCUT2D eigenvalue weighted by Gasteiger charge is 2.43. The molecular weight excluding hydrogens is 252 g/mol. The van der Waals surface area contributed by atoms with Crippen LogP contribution in [0.5, 0.6) is 0 Å². The summed E-state index contributed by atoms with van der Waals surface area (Å²) >= 11 is 0. The number of hydrogen-bond donors (Lipinski definition) is 0. The van der Waals surface area contributed by atoms with Gasteiger partial charge in [0.1, 0.15) is 5.78 Å². The molecule has 0 heterocycles. The summed E-state index contributed by atoms with van der Waals surface area (Å²) in [6, 6.07) is 10.2. The maximum absolute atomic E-state index is 12.6. The van der Waals surface area contributed by atoms with Gasteiger partial charge in [0.25, 0.3) is 0 Å². The van der Waals surface area contributed by atoms with Crippen molar-refractivity contribution in [3.8, 4) is 0 Å². The second-order valence-electron chi connectivity index (χ2n) is 5.66. The number of ketones is 1. The minimum atomic E-state index is -0.502. The van der Waals surface area contributed by atoms with Crippen molar-refractivity contribution < 1.29 is 14.3 Å². The molecule has 2 rings (SSSR count). The molecule has 0 bridgehead atoms. The Hall–Kier alpha value is -1.64. The monoisotopic (exact) mass is 274 g/mol. The number of carbonyl (C=O) groups is 2. The maximum Gasteiger partial charge on any atom is 0.306 e. The molecule has 1 fully saturated rings. The number of carbonyl (C=O) groups excluding carboxylic acids is 2. The lowest BCUT2D eigenvalue weighted by atomic mass is 9.65. The summed E-state index contributed by atoms with van der Waals surface area (Å²) in [5.41, 5.74) is 0.724.